The third-order valence-corrected chi connectivity index (χ3v) is 3.91. The highest BCUT2D eigenvalue weighted by Gasteiger charge is 2.46. The van der Waals surface area contributed by atoms with Crippen molar-refractivity contribution < 1.29 is 19.5 Å². The molecule has 21 heavy (non-hydrogen) atoms. The molecular weight excluding hydrogens is 276 g/mol. The number of allylic oxidation sites excluding steroid dienone is 2. The Morgan fingerprint density at radius 1 is 1.19 bits per heavy atom. The summed E-state index contributed by atoms with van der Waals surface area (Å²) in [6.07, 6.45) is 6.37. The normalized spacial score (nSPS) is 24.5. The fourth-order valence-electron chi connectivity index (χ4n) is 2.80. The van der Waals surface area contributed by atoms with E-state index >= 15 is 0 Å². The molecule has 1 aliphatic heterocycles. The van der Waals surface area contributed by atoms with Crippen molar-refractivity contribution >= 4 is 17.8 Å². The Balaban J connectivity index is 1.66. The smallest absolute Gasteiger partial charge is 0.358 e. The number of hydrogen-bond acceptors (Lipinski definition) is 5. The van der Waals surface area contributed by atoms with Gasteiger partial charge in [0.05, 0.1) is 24.6 Å². The Hall–Kier alpha value is -2.51. The van der Waals surface area contributed by atoms with Crippen molar-refractivity contribution in [2.24, 2.45) is 11.8 Å². The highest BCUT2D eigenvalue weighted by Crippen LogP contribution is 2.34. The van der Waals surface area contributed by atoms with Gasteiger partial charge in [-0.25, -0.2) is 9.48 Å². The average Bonchev–Trinajstić information content (AvgIpc) is 3.03. The molecule has 0 bridgehead atoms. The molecule has 8 heteroatoms. The maximum Gasteiger partial charge on any atom is 0.358 e. The molecule has 2 unspecified atom stereocenters. The summed E-state index contributed by atoms with van der Waals surface area (Å²) in [5.41, 5.74) is -0.160. The van der Waals surface area contributed by atoms with E-state index in [1.54, 1.807) is 0 Å². The average molecular weight is 290 g/mol. The number of carbonyl (C=O) groups is 3. The van der Waals surface area contributed by atoms with Crippen LogP contribution in [0.15, 0.2) is 18.3 Å². The molecule has 0 radical (unpaired) electrons. The summed E-state index contributed by atoms with van der Waals surface area (Å²) in [6, 6.07) is 0. The minimum atomic E-state index is -1.16. The van der Waals surface area contributed by atoms with Gasteiger partial charge in [-0.2, -0.15) is 0 Å². The molecule has 110 valence electrons. The van der Waals surface area contributed by atoms with Crippen LogP contribution in [0.25, 0.3) is 0 Å². The quantitative estimate of drug-likeness (QED) is 0.614. The molecule has 2 amide bonds. The van der Waals surface area contributed by atoms with Crippen LogP contribution < -0.4 is 0 Å². The van der Waals surface area contributed by atoms with Crippen LogP contribution in [0.2, 0.25) is 0 Å². The first-order valence-electron chi connectivity index (χ1n) is 6.71. The fourth-order valence-corrected chi connectivity index (χ4v) is 2.80. The van der Waals surface area contributed by atoms with Gasteiger partial charge < -0.3 is 5.11 Å². The van der Waals surface area contributed by atoms with Gasteiger partial charge >= 0.3 is 5.97 Å². The third-order valence-electron chi connectivity index (χ3n) is 3.91. The number of aromatic carboxylic acids is 1. The molecule has 1 aromatic rings. The molecule has 1 fully saturated rings. The maximum absolute atomic E-state index is 12.2. The minimum Gasteiger partial charge on any atom is -0.476 e. The van der Waals surface area contributed by atoms with Crippen molar-refractivity contribution in [1.29, 1.82) is 0 Å². The van der Waals surface area contributed by atoms with Crippen LogP contribution in [0, 0.1) is 11.8 Å². The number of likely N-dealkylation sites (tertiary alicyclic amines) is 1. The summed E-state index contributed by atoms with van der Waals surface area (Å²) in [7, 11) is 0. The van der Waals surface area contributed by atoms with E-state index in [0.717, 1.165) is 0 Å². The number of imide groups is 1. The van der Waals surface area contributed by atoms with Gasteiger partial charge in [0.15, 0.2) is 5.69 Å². The number of rotatable bonds is 4. The van der Waals surface area contributed by atoms with Gasteiger partial charge in [-0.05, 0) is 12.8 Å². The first-order chi connectivity index (χ1) is 10.1. The first-order valence-corrected chi connectivity index (χ1v) is 6.71. The van der Waals surface area contributed by atoms with Crippen LogP contribution in [0.1, 0.15) is 23.3 Å². The maximum atomic E-state index is 12.2. The van der Waals surface area contributed by atoms with Crippen molar-refractivity contribution in [3.8, 4) is 0 Å². The molecule has 1 aromatic heterocycles. The first kappa shape index (κ1) is 13.5. The molecule has 0 aromatic carbocycles. The minimum absolute atomic E-state index is 0.145. The third kappa shape index (κ3) is 2.32. The van der Waals surface area contributed by atoms with Gasteiger partial charge in [0.25, 0.3) is 0 Å². The molecule has 1 aliphatic carbocycles. The molecule has 2 atom stereocenters. The number of fused-ring (bicyclic) bond motifs is 1. The zero-order valence-corrected chi connectivity index (χ0v) is 11.2. The van der Waals surface area contributed by atoms with Gasteiger partial charge in [-0.3, -0.25) is 14.5 Å². The number of carboxylic acids is 1. The summed E-state index contributed by atoms with van der Waals surface area (Å²) in [6.45, 7) is 0.428. The monoisotopic (exact) mass is 290 g/mol. The lowest BCUT2D eigenvalue weighted by Gasteiger charge is -2.14. The Labute approximate surface area is 120 Å². The zero-order valence-electron chi connectivity index (χ0n) is 11.2. The van der Waals surface area contributed by atoms with Gasteiger partial charge in [-0.15, -0.1) is 5.10 Å². The van der Waals surface area contributed by atoms with E-state index in [9.17, 15) is 14.4 Å². The number of nitrogens with zero attached hydrogens (tertiary/aromatic N) is 4. The van der Waals surface area contributed by atoms with E-state index in [-0.39, 0.29) is 42.4 Å². The van der Waals surface area contributed by atoms with Crippen molar-refractivity contribution in [1.82, 2.24) is 19.9 Å². The van der Waals surface area contributed by atoms with E-state index in [1.807, 2.05) is 12.2 Å². The lowest BCUT2D eigenvalue weighted by atomic mass is 9.85. The summed E-state index contributed by atoms with van der Waals surface area (Å²) in [4.78, 5) is 36.4. The predicted octanol–water partition coefficient (Wildman–Crippen LogP) is -0.0725. The van der Waals surface area contributed by atoms with Gasteiger partial charge in [0, 0.05) is 6.54 Å². The van der Waals surface area contributed by atoms with Crippen molar-refractivity contribution in [3.05, 3.63) is 24.0 Å². The second-order valence-corrected chi connectivity index (χ2v) is 5.16. The van der Waals surface area contributed by atoms with Crippen molar-refractivity contribution in [2.75, 3.05) is 6.54 Å². The van der Waals surface area contributed by atoms with E-state index in [4.69, 9.17) is 5.11 Å². The molecular formula is C13H14N4O4. The topological polar surface area (TPSA) is 105 Å². The molecule has 1 saturated heterocycles. The highest BCUT2D eigenvalue weighted by molar-refractivity contribution is 6.05. The molecule has 0 spiro atoms. The molecule has 1 N–H and O–H groups in total. The Bertz CT molecular complexity index is 610. The number of aromatic nitrogens is 3. The van der Waals surface area contributed by atoms with E-state index in [2.05, 4.69) is 10.3 Å². The van der Waals surface area contributed by atoms with Crippen LogP contribution in [-0.2, 0) is 16.1 Å². The number of amides is 2. The number of carbonyl (C=O) groups excluding carboxylic acids is 2. The van der Waals surface area contributed by atoms with E-state index in [0.29, 0.717) is 12.8 Å². The SMILES string of the molecule is O=C(O)c1cn(CCN2C(=O)C3CC=CCC3C2=O)nn1. The Morgan fingerprint density at radius 2 is 1.81 bits per heavy atom. The van der Waals surface area contributed by atoms with Crippen LogP contribution in [0.3, 0.4) is 0 Å². The molecule has 2 aliphatic rings. The lowest BCUT2D eigenvalue weighted by molar-refractivity contribution is -0.140. The molecule has 2 heterocycles. The van der Waals surface area contributed by atoms with E-state index < -0.39 is 5.97 Å². The number of carboxylic acid groups (broad SMARTS) is 1. The summed E-state index contributed by atoms with van der Waals surface area (Å²) >= 11 is 0. The highest BCUT2D eigenvalue weighted by atomic mass is 16.4. The summed E-state index contributed by atoms with van der Waals surface area (Å²) in [5, 5.41) is 15.9. The van der Waals surface area contributed by atoms with Crippen LogP contribution >= 0.6 is 0 Å². The molecule has 8 nitrogen and oxygen atoms in total. The predicted molar refractivity (Wildman–Crippen MR) is 69.1 cm³/mol. The Morgan fingerprint density at radius 3 is 2.33 bits per heavy atom. The second kappa shape index (κ2) is 5.12. The standard InChI is InChI=1S/C13H14N4O4/c18-11-8-3-1-2-4-9(8)12(19)17(11)6-5-16-7-10(13(20)21)14-15-16/h1-2,7-9H,3-6H2,(H,20,21). The van der Waals surface area contributed by atoms with Gasteiger partial charge in [-0.1, -0.05) is 17.4 Å². The summed E-state index contributed by atoms with van der Waals surface area (Å²) < 4.78 is 1.32. The largest absolute Gasteiger partial charge is 0.476 e. The van der Waals surface area contributed by atoms with Crippen molar-refractivity contribution in [3.63, 3.8) is 0 Å². The second-order valence-electron chi connectivity index (χ2n) is 5.16. The summed E-state index contributed by atoms with van der Waals surface area (Å²) in [5.74, 6) is -1.94. The van der Waals surface area contributed by atoms with Gasteiger partial charge in [0.1, 0.15) is 0 Å². The fraction of sp³-hybridized carbons (Fsp3) is 0.462. The Kier molecular flexibility index (Phi) is 3.28. The lowest BCUT2D eigenvalue weighted by Crippen LogP contribution is -2.34. The van der Waals surface area contributed by atoms with Crippen LogP contribution in [-0.4, -0.2) is 49.3 Å². The van der Waals surface area contributed by atoms with E-state index in [1.165, 1.54) is 15.8 Å². The molecule has 3 rings (SSSR count). The van der Waals surface area contributed by atoms with Crippen LogP contribution in [0.4, 0.5) is 0 Å². The number of hydrogen-bond donors (Lipinski definition) is 1. The zero-order chi connectivity index (χ0) is 15.0. The van der Waals surface area contributed by atoms with Crippen LogP contribution in [0.5, 0.6) is 0 Å². The molecule has 0 saturated carbocycles. The van der Waals surface area contributed by atoms with Crippen molar-refractivity contribution in [2.45, 2.75) is 19.4 Å². The van der Waals surface area contributed by atoms with Gasteiger partial charge in [0.2, 0.25) is 11.8 Å².